The van der Waals surface area contributed by atoms with Gasteiger partial charge >= 0.3 is 0 Å². The fourth-order valence-corrected chi connectivity index (χ4v) is 2.12. The van der Waals surface area contributed by atoms with Gasteiger partial charge in [0.25, 0.3) is 0 Å². The van der Waals surface area contributed by atoms with Gasteiger partial charge in [0.05, 0.1) is 11.9 Å². The van der Waals surface area contributed by atoms with Crippen molar-refractivity contribution in [2.45, 2.75) is 13.0 Å². The average molecular weight is 283 g/mol. The molecule has 0 saturated heterocycles. The number of benzene rings is 2. The van der Waals surface area contributed by atoms with Gasteiger partial charge in [-0.3, -0.25) is 0 Å². The van der Waals surface area contributed by atoms with E-state index >= 15 is 0 Å². The number of rotatable bonds is 3. The summed E-state index contributed by atoms with van der Waals surface area (Å²) in [5.41, 5.74) is 2.17. The van der Waals surface area contributed by atoms with Crippen LogP contribution in [0.5, 0.6) is 0 Å². The molecule has 0 radical (unpaired) electrons. The molecule has 0 aliphatic rings. The number of aromatic nitrogens is 3. The standard InChI is InChI=1S/C16H14FN3O/c1-11-7-8-14(17)13(9-11)16(21)15-10-18-20(19-15)12-5-3-2-4-6-12/h2-10,16,21H,1H3. The van der Waals surface area contributed by atoms with Gasteiger partial charge in [-0.15, -0.1) is 0 Å². The maximum Gasteiger partial charge on any atom is 0.129 e. The highest BCUT2D eigenvalue weighted by atomic mass is 19.1. The first kappa shape index (κ1) is 13.5. The number of halogens is 1. The lowest BCUT2D eigenvalue weighted by atomic mass is 10.0. The molecule has 1 heterocycles. The summed E-state index contributed by atoms with van der Waals surface area (Å²) in [6.45, 7) is 1.84. The van der Waals surface area contributed by atoms with Crippen molar-refractivity contribution in [3.8, 4) is 5.69 Å². The molecule has 0 aliphatic carbocycles. The van der Waals surface area contributed by atoms with Gasteiger partial charge in [-0.25, -0.2) is 4.39 Å². The quantitative estimate of drug-likeness (QED) is 0.804. The Hall–Kier alpha value is -2.53. The minimum atomic E-state index is -1.14. The van der Waals surface area contributed by atoms with E-state index in [1.807, 2.05) is 37.3 Å². The van der Waals surface area contributed by atoms with Crippen molar-refractivity contribution in [2.75, 3.05) is 0 Å². The summed E-state index contributed by atoms with van der Waals surface area (Å²) in [6, 6.07) is 13.9. The molecule has 0 saturated carbocycles. The second-order valence-corrected chi connectivity index (χ2v) is 4.82. The Bertz CT molecular complexity index is 755. The molecule has 1 aromatic heterocycles. The summed E-state index contributed by atoms with van der Waals surface area (Å²) >= 11 is 0. The third-order valence-corrected chi connectivity index (χ3v) is 3.22. The van der Waals surface area contributed by atoms with Crippen LogP contribution in [0, 0.1) is 12.7 Å². The van der Waals surface area contributed by atoms with Crippen molar-refractivity contribution < 1.29 is 9.50 Å². The second-order valence-electron chi connectivity index (χ2n) is 4.82. The minimum Gasteiger partial charge on any atom is -0.382 e. The summed E-state index contributed by atoms with van der Waals surface area (Å²) in [6.07, 6.45) is 0.307. The summed E-state index contributed by atoms with van der Waals surface area (Å²) in [5.74, 6) is -0.456. The third kappa shape index (κ3) is 2.68. The monoisotopic (exact) mass is 283 g/mol. The van der Waals surface area contributed by atoms with Gasteiger partial charge in [0.15, 0.2) is 0 Å². The van der Waals surface area contributed by atoms with Crippen LogP contribution in [0.4, 0.5) is 4.39 Å². The van der Waals surface area contributed by atoms with Crippen molar-refractivity contribution >= 4 is 0 Å². The first-order valence-electron chi connectivity index (χ1n) is 6.57. The normalized spacial score (nSPS) is 12.3. The molecule has 0 spiro atoms. The number of aliphatic hydroxyl groups is 1. The molecule has 2 aromatic carbocycles. The number of hydrogen-bond donors (Lipinski definition) is 1. The van der Waals surface area contributed by atoms with Crippen LogP contribution in [0.15, 0.2) is 54.7 Å². The van der Waals surface area contributed by atoms with Crippen molar-refractivity contribution in [1.29, 1.82) is 0 Å². The van der Waals surface area contributed by atoms with Crippen molar-refractivity contribution in [1.82, 2.24) is 15.0 Å². The molecule has 0 fully saturated rings. The molecule has 4 nitrogen and oxygen atoms in total. The molecule has 5 heteroatoms. The molecule has 0 aliphatic heterocycles. The van der Waals surface area contributed by atoms with Gasteiger partial charge in [-0.1, -0.05) is 35.9 Å². The second kappa shape index (κ2) is 5.46. The molecule has 106 valence electrons. The minimum absolute atomic E-state index is 0.204. The van der Waals surface area contributed by atoms with Crippen LogP contribution < -0.4 is 0 Å². The number of para-hydroxylation sites is 1. The largest absolute Gasteiger partial charge is 0.382 e. The summed E-state index contributed by atoms with van der Waals surface area (Å²) < 4.78 is 13.8. The van der Waals surface area contributed by atoms with Crippen LogP contribution in [0.1, 0.15) is 22.9 Å². The number of nitrogens with zero attached hydrogens (tertiary/aromatic N) is 3. The highest BCUT2D eigenvalue weighted by molar-refractivity contribution is 5.32. The van der Waals surface area contributed by atoms with E-state index in [4.69, 9.17) is 0 Å². The first-order valence-corrected chi connectivity index (χ1v) is 6.57. The van der Waals surface area contributed by atoms with Gasteiger partial charge in [0.1, 0.15) is 17.6 Å². The molecular formula is C16H14FN3O. The van der Waals surface area contributed by atoms with Crippen LogP contribution in [0.2, 0.25) is 0 Å². The van der Waals surface area contributed by atoms with E-state index in [1.54, 1.807) is 12.1 Å². The molecule has 0 bridgehead atoms. The Morgan fingerprint density at radius 1 is 1.14 bits per heavy atom. The zero-order valence-corrected chi connectivity index (χ0v) is 11.4. The highest BCUT2D eigenvalue weighted by Gasteiger charge is 2.18. The van der Waals surface area contributed by atoms with E-state index in [-0.39, 0.29) is 5.56 Å². The fourth-order valence-electron chi connectivity index (χ4n) is 2.12. The van der Waals surface area contributed by atoms with Gasteiger partial charge in [-0.05, 0) is 25.1 Å². The van der Waals surface area contributed by atoms with E-state index < -0.39 is 11.9 Å². The smallest absolute Gasteiger partial charge is 0.129 e. The zero-order chi connectivity index (χ0) is 14.8. The van der Waals surface area contributed by atoms with Gasteiger partial charge in [-0.2, -0.15) is 15.0 Å². The Labute approximate surface area is 121 Å². The predicted molar refractivity (Wildman–Crippen MR) is 76.6 cm³/mol. The number of aryl methyl sites for hydroxylation is 1. The van der Waals surface area contributed by atoms with E-state index in [0.717, 1.165) is 11.3 Å². The number of aliphatic hydroxyl groups excluding tert-OH is 1. The Morgan fingerprint density at radius 3 is 2.67 bits per heavy atom. The molecule has 3 rings (SSSR count). The maximum absolute atomic E-state index is 13.8. The first-order chi connectivity index (χ1) is 10.1. The van der Waals surface area contributed by atoms with Crippen LogP contribution in [-0.2, 0) is 0 Å². The van der Waals surface area contributed by atoms with E-state index in [1.165, 1.54) is 17.1 Å². The van der Waals surface area contributed by atoms with Gasteiger partial charge in [0.2, 0.25) is 0 Å². The summed E-state index contributed by atoms with van der Waals surface area (Å²) in [5, 5.41) is 18.6. The van der Waals surface area contributed by atoms with E-state index in [0.29, 0.717) is 5.69 Å². The average Bonchev–Trinajstić information content (AvgIpc) is 3.00. The molecule has 3 aromatic rings. The molecular weight excluding hydrogens is 269 g/mol. The highest BCUT2D eigenvalue weighted by Crippen LogP contribution is 2.23. The van der Waals surface area contributed by atoms with Crippen LogP contribution in [-0.4, -0.2) is 20.1 Å². The lowest BCUT2D eigenvalue weighted by Crippen LogP contribution is -2.05. The Balaban J connectivity index is 1.94. The summed E-state index contributed by atoms with van der Waals surface area (Å²) in [4.78, 5) is 1.41. The van der Waals surface area contributed by atoms with Crippen molar-refractivity contribution in [2.24, 2.45) is 0 Å². The zero-order valence-electron chi connectivity index (χ0n) is 11.4. The molecule has 0 amide bonds. The topological polar surface area (TPSA) is 50.9 Å². The Kier molecular flexibility index (Phi) is 3.50. The molecule has 21 heavy (non-hydrogen) atoms. The Morgan fingerprint density at radius 2 is 1.90 bits per heavy atom. The van der Waals surface area contributed by atoms with Crippen LogP contribution >= 0.6 is 0 Å². The van der Waals surface area contributed by atoms with E-state index in [2.05, 4.69) is 10.2 Å². The predicted octanol–water partition coefficient (Wildman–Crippen LogP) is 2.80. The molecule has 1 N–H and O–H groups in total. The molecule has 1 unspecified atom stereocenters. The molecule has 1 atom stereocenters. The van der Waals surface area contributed by atoms with Crippen molar-refractivity contribution in [3.05, 3.63) is 77.4 Å². The van der Waals surface area contributed by atoms with E-state index in [9.17, 15) is 9.50 Å². The lowest BCUT2D eigenvalue weighted by molar-refractivity contribution is 0.209. The third-order valence-electron chi connectivity index (χ3n) is 3.22. The summed E-state index contributed by atoms with van der Waals surface area (Å²) in [7, 11) is 0. The van der Waals surface area contributed by atoms with Gasteiger partial charge in [0, 0.05) is 5.56 Å². The fraction of sp³-hybridized carbons (Fsp3) is 0.125. The van der Waals surface area contributed by atoms with Crippen LogP contribution in [0.25, 0.3) is 5.69 Å². The van der Waals surface area contributed by atoms with Crippen molar-refractivity contribution in [3.63, 3.8) is 0 Å². The SMILES string of the molecule is Cc1ccc(F)c(C(O)c2cnn(-c3ccccc3)n2)c1. The van der Waals surface area contributed by atoms with Crippen LogP contribution in [0.3, 0.4) is 0 Å². The maximum atomic E-state index is 13.8. The lowest BCUT2D eigenvalue weighted by Gasteiger charge is -2.09. The number of hydrogen-bond acceptors (Lipinski definition) is 3. The van der Waals surface area contributed by atoms with Gasteiger partial charge < -0.3 is 5.11 Å².